The Morgan fingerprint density at radius 2 is 2.13 bits per heavy atom. The summed E-state index contributed by atoms with van der Waals surface area (Å²) in [5.41, 5.74) is 3.88. The molecule has 5 heteroatoms. The zero-order valence-electron chi connectivity index (χ0n) is 13.3. The zero-order valence-corrected chi connectivity index (χ0v) is 14.1. The Labute approximate surface area is 140 Å². The van der Waals surface area contributed by atoms with Gasteiger partial charge in [-0.05, 0) is 46.9 Å². The molecule has 3 aromatic rings. The van der Waals surface area contributed by atoms with Crippen LogP contribution in [0.4, 0.5) is 0 Å². The molecule has 0 aliphatic heterocycles. The number of aliphatic imine (C=N–C) groups is 1. The molecule has 0 bridgehead atoms. The number of thiophene rings is 1. The van der Waals surface area contributed by atoms with E-state index >= 15 is 0 Å². The maximum absolute atomic E-state index is 4.26. The van der Waals surface area contributed by atoms with Crippen molar-refractivity contribution in [1.82, 2.24) is 15.6 Å². The molecule has 0 fully saturated rings. The van der Waals surface area contributed by atoms with Crippen molar-refractivity contribution in [2.45, 2.75) is 19.4 Å². The molecule has 0 radical (unpaired) electrons. The highest BCUT2D eigenvalue weighted by molar-refractivity contribution is 7.07. The largest absolute Gasteiger partial charge is 0.361 e. The number of guanidine groups is 1. The van der Waals surface area contributed by atoms with Crippen LogP contribution in [0.2, 0.25) is 0 Å². The molecule has 0 amide bonds. The summed E-state index contributed by atoms with van der Waals surface area (Å²) in [6.45, 7) is 1.72. The monoisotopic (exact) mass is 326 g/mol. The lowest BCUT2D eigenvalue weighted by molar-refractivity contribution is 0.744. The molecule has 23 heavy (non-hydrogen) atoms. The molecule has 0 aliphatic carbocycles. The second kappa shape index (κ2) is 7.83. The van der Waals surface area contributed by atoms with Crippen LogP contribution in [0, 0.1) is 0 Å². The molecule has 2 heterocycles. The highest BCUT2D eigenvalue weighted by Gasteiger charge is 2.03. The predicted molar refractivity (Wildman–Crippen MR) is 99.1 cm³/mol. The van der Waals surface area contributed by atoms with Crippen molar-refractivity contribution < 1.29 is 0 Å². The Balaban J connectivity index is 1.43. The maximum Gasteiger partial charge on any atom is 0.191 e. The molecule has 0 aliphatic rings. The van der Waals surface area contributed by atoms with Gasteiger partial charge in [0.05, 0.1) is 0 Å². The molecular formula is C18H22N4S. The number of H-pyrrole nitrogens is 1. The van der Waals surface area contributed by atoms with E-state index in [0.29, 0.717) is 0 Å². The number of nitrogens with one attached hydrogen (secondary N) is 3. The summed E-state index contributed by atoms with van der Waals surface area (Å²) in [6, 6.07) is 10.6. The Bertz CT molecular complexity index is 758. The summed E-state index contributed by atoms with van der Waals surface area (Å²) >= 11 is 1.72. The van der Waals surface area contributed by atoms with Gasteiger partial charge < -0.3 is 15.6 Å². The molecule has 1 aromatic carbocycles. The summed E-state index contributed by atoms with van der Waals surface area (Å²) in [5.74, 6) is 0.857. The summed E-state index contributed by atoms with van der Waals surface area (Å²) in [6.07, 6.45) is 4.24. The molecule has 0 spiro atoms. The zero-order chi connectivity index (χ0) is 15.9. The van der Waals surface area contributed by atoms with Gasteiger partial charge in [-0.1, -0.05) is 18.2 Å². The lowest BCUT2D eigenvalue weighted by atomic mass is 10.1. The van der Waals surface area contributed by atoms with Crippen LogP contribution >= 0.6 is 11.3 Å². The molecule has 2 aromatic heterocycles. The van der Waals surface area contributed by atoms with Crippen molar-refractivity contribution >= 4 is 28.2 Å². The Kier molecular flexibility index (Phi) is 5.32. The SMILES string of the molecule is CN=C(NCCCc1c[nH]c2ccccc12)NCc1ccsc1. The van der Waals surface area contributed by atoms with E-state index in [-0.39, 0.29) is 0 Å². The first-order chi connectivity index (χ1) is 11.4. The topological polar surface area (TPSA) is 52.2 Å². The number of hydrogen-bond acceptors (Lipinski definition) is 2. The van der Waals surface area contributed by atoms with Crippen LogP contribution in [-0.2, 0) is 13.0 Å². The highest BCUT2D eigenvalue weighted by atomic mass is 32.1. The molecule has 0 atom stereocenters. The minimum Gasteiger partial charge on any atom is -0.361 e. The number of aromatic amines is 1. The van der Waals surface area contributed by atoms with Crippen LogP contribution in [0.15, 0.2) is 52.3 Å². The standard InChI is InChI=1S/C18H22N4S/c1-19-18(22-11-14-8-10-23-13-14)20-9-4-5-15-12-21-17-7-3-2-6-16(15)17/h2-3,6-8,10,12-13,21H,4-5,9,11H2,1H3,(H2,19,20,22). The molecule has 4 nitrogen and oxygen atoms in total. The lowest BCUT2D eigenvalue weighted by Crippen LogP contribution is -2.37. The van der Waals surface area contributed by atoms with Crippen LogP contribution in [0.1, 0.15) is 17.5 Å². The third-order valence-corrected chi connectivity index (χ3v) is 4.59. The minimum absolute atomic E-state index is 0.811. The van der Waals surface area contributed by atoms with Gasteiger partial charge in [-0.2, -0.15) is 11.3 Å². The molecule has 120 valence electrons. The Morgan fingerprint density at radius 1 is 1.22 bits per heavy atom. The van der Waals surface area contributed by atoms with E-state index in [9.17, 15) is 0 Å². The Hall–Kier alpha value is -2.27. The summed E-state index contributed by atoms with van der Waals surface area (Å²) in [5, 5.41) is 12.3. The summed E-state index contributed by atoms with van der Waals surface area (Å²) < 4.78 is 0. The van der Waals surface area contributed by atoms with Gasteiger partial charge in [0, 0.05) is 37.2 Å². The van der Waals surface area contributed by atoms with Gasteiger partial charge in [0.25, 0.3) is 0 Å². The van der Waals surface area contributed by atoms with Crippen LogP contribution in [0.3, 0.4) is 0 Å². The van der Waals surface area contributed by atoms with Gasteiger partial charge in [0.15, 0.2) is 5.96 Å². The van der Waals surface area contributed by atoms with E-state index in [1.807, 2.05) is 7.05 Å². The van der Waals surface area contributed by atoms with Gasteiger partial charge in [-0.3, -0.25) is 4.99 Å². The average Bonchev–Trinajstić information content (AvgIpc) is 3.24. The fourth-order valence-electron chi connectivity index (χ4n) is 2.62. The van der Waals surface area contributed by atoms with Crippen LogP contribution < -0.4 is 10.6 Å². The third-order valence-electron chi connectivity index (χ3n) is 3.85. The number of aromatic nitrogens is 1. The average molecular weight is 326 g/mol. The molecule has 0 unspecified atom stereocenters. The van der Waals surface area contributed by atoms with E-state index in [1.165, 1.54) is 22.0 Å². The van der Waals surface area contributed by atoms with Crippen LogP contribution in [0.5, 0.6) is 0 Å². The lowest BCUT2D eigenvalue weighted by Gasteiger charge is -2.11. The van der Waals surface area contributed by atoms with Crippen molar-refractivity contribution in [3.05, 3.63) is 58.4 Å². The number of nitrogens with zero attached hydrogens (tertiary/aromatic N) is 1. The van der Waals surface area contributed by atoms with Crippen LogP contribution in [-0.4, -0.2) is 24.5 Å². The first-order valence-electron chi connectivity index (χ1n) is 7.87. The van der Waals surface area contributed by atoms with Gasteiger partial charge in [0.2, 0.25) is 0 Å². The fourth-order valence-corrected chi connectivity index (χ4v) is 3.29. The van der Waals surface area contributed by atoms with Crippen molar-refractivity contribution in [1.29, 1.82) is 0 Å². The number of para-hydroxylation sites is 1. The van der Waals surface area contributed by atoms with Gasteiger partial charge >= 0.3 is 0 Å². The quantitative estimate of drug-likeness (QED) is 0.369. The number of aryl methyl sites for hydroxylation is 1. The van der Waals surface area contributed by atoms with Crippen molar-refractivity contribution in [2.24, 2.45) is 4.99 Å². The highest BCUT2D eigenvalue weighted by Crippen LogP contribution is 2.18. The molecule has 3 N–H and O–H groups in total. The molecule has 0 saturated carbocycles. The number of benzene rings is 1. The van der Waals surface area contributed by atoms with Gasteiger partial charge in [0.1, 0.15) is 0 Å². The Morgan fingerprint density at radius 3 is 2.96 bits per heavy atom. The summed E-state index contributed by atoms with van der Waals surface area (Å²) in [7, 11) is 1.81. The number of rotatable bonds is 6. The smallest absolute Gasteiger partial charge is 0.191 e. The van der Waals surface area contributed by atoms with Gasteiger partial charge in [-0.25, -0.2) is 0 Å². The normalized spacial score (nSPS) is 11.8. The van der Waals surface area contributed by atoms with E-state index in [1.54, 1.807) is 11.3 Å². The van der Waals surface area contributed by atoms with E-state index < -0.39 is 0 Å². The minimum atomic E-state index is 0.811. The third kappa shape index (κ3) is 4.13. The number of hydrogen-bond donors (Lipinski definition) is 3. The van der Waals surface area contributed by atoms with Gasteiger partial charge in [-0.15, -0.1) is 0 Å². The second-order valence-corrected chi connectivity index (χ2v) is 6.23. The van der Waals surface area contributed by atoms with Crippen molar-refractivity contribution in [3.8, 4) is 0 Å². The maximum atomic E-state index is 4.26. The van der Waals surface area contributed by atoms with Crippen molar-refractivity contribution in [3.63, 3.8) is 0 Å². The predicted octanol–water partition coefficient (Wildman–Crippen LogP) is 3.53. The second-order valence-electron chi connectivity index (χ2n) is 5.45. The number of fused-ring (bicyclic) bond motifs is 1. The van der Waals surface area contributed by atoms with E-state index in [0.717, 1.165) is 31.9 Å². The van der Waals surface area contributed by atoms with Crippen molar-refractivity contribution in [2.75, 3.05) is 13.6 Å². The molecule has 0 saturated heterocycles. The first kappa shape index (κ1) is 15.6. The molecule has 3 rings (SSSR count). The van der Waals surface area contributed by atoms with Crippen LogP contribution in [0.25, 0.3) is 10.9 Å². The van der Waals surface area contributed by atoms with E-state index in [4.69, 9.17) is 0 Å². The first-order valence-corrected chi connectivity index (χ1v) is 8.81. The fraction of sp³-hybridized carbons (Fsp3) is 0.278. The van der Waals surface area contributed by atoms with E-state index in [2.05, 4.69) is 67.9 Å². The molecular weight excluding hydrogens is 304 g/mol. The summed E-state index contributed by atoms with van der Waals surface area (Å²) in [4.78, 5) is 7.59.